The maximum absolute atomic E-state index is 12.9. The summed E-state index contributed by atoms with van der Waals surface area (Å²) in [7, 11) is 0. The average molecular weight is 340 g/mol. The summed E-state index contributed by atoms with van der Waals surface area (Å²) < 4.78 is 5.27. The second-order valence-corrected chi connectivity index (χ2v) is 5.87. The molecule has 0 spiro atoms. The van der Waals surface area contributed by atoms with Crippen LogP contribution in [0.1, 0.15) is 29.0 Å². The lowest BCUT2D eigenvalue weighted by molar-refractivity contribution is -0.128. The summed E-state index contributed by atoms with van der Waals surface area (Å²) in [5.41, 5.74) is 0.588. The smallest absolute Gasteiger partial charge is 0.270 e. The number of benzene rings is 1. The number of hydrogen-bond donors (Lipinski definition) is 2. The van der Waals surface area contributed by atoms with Gasteiger partial charge in [0, 0.05) is 18.2 Å². The number of aliphatic hydroxyl groups is 1. The Morgan fingerprint density at radius 1 is 1.24 bits per heavy atom. The van der Waals surface area contributed by atoms with Crippen LogP contribution in [0.5, 0.6) is 0 Å². The zero-order chi connectivity index (χ0) is 17.6. The molecule has 1 aromatic carbocycles. The lowest BCUT2D eigenvalue weighted by Gasteiger charge is -2.24. The van der Waals surface area contributed by atoms with Gasteiger partial charge in [0.05, 0.1) is 18.9 Å². The van der Waals surface area contributed by atoms with E-state index in [-0.39, 0.29) is 30.2 Å². The second kappa shape index (κ2) is 7.81. The molecule has 0 unspecified atom stereocenters. The van der Waals surface area contributed by atoms with Gasteiger partial charge in [-0.2, -0.15) is 0 Å². The van der Waals surface area contributed by atoms with Crippen molar-refractivity contribution in [2.45, 2.75) is 18.9 Å². The SMILES string of the molecule is O=C(NC(=Cc1ccco1)C(=O)N1CCC[C@@H]1CO)c1ccccc1. The molecule has 1 fully saturated rings. The molecule has 0 saturated carbocycles. The van der Waals surface area contributed by atoms with Gasteiger partial charge in [-0.05, 0) is 37.1 Å². The molecule has 1 atom stereocenters. The number of nitrogens with zero attached hydrogens (tertiary/aromatic N) is 1. The Balaban J connectivity index is 1.85. The summed E-state index contributed by atoms with van der Waals surface area (Å²) in [6, 6.07) is 11.9. The maximum Gasteiger partial charge on any atom is 0.270 e. The van der Waals surface area contributed by atoms with Crippen molar-refractivity contribution >= 4 is 17.9 Å². The molecule has 0 radical (unpaired) electrons. The van der Waals surface area contributed by atoms with Gasteiger partial charge in [0.1, 0.15) is 11.5 Å². The third kappa shape index (κ3) is 3.97. The minimum absolute atomic E-state index is 0.0909. The van der Waals surface area contributed by atoms with Crippen molar-refractivity contribution in [1.82, 2.24) is 10.2 Å². The fourth-order valence-electron chi connectivity index (χ4n) is 2.90. The van der Waals surface area contributed by atoms with Crippen LogP contribution in [0.2, 0.25) is 0 Å². The minimum Gasteiger partial charge on any atom is -0.465 e. The Morgan fingerprint density at radius 2 is 2.04 bits per heavy atom. The van der Waals surface area contributed by atoms with Crippen molar-refractivity contribution in [2.75, 3.05) is 13.2 Å². The molecule has 1 aromatic heterocycles. The Kier molecular flexibility index (Phi) is 5.30. The number of carbonyl (C=O) groups excluding carboxylic acids is 2. The number of hydrogen-bond acceptors (Lipinski definition) is 4. The van der Waals surface area contributed by atoms with Crippen LogP contribution in [-0.2, 0) is 4.79 Å². The van der Waals surface area contributed by atoms with E-state index in [1.165, 1.54) is 12.3 Å². The lowest BCUT2D eigenvalue weighted by Crippen LogP contribution is -2.42. The van der Waals surface area contributed by atoms with Gasteiger partial charge in [-0.25, -0.2) is 0 Å². The monoisotopic (exact) mass is 340 g/mol. The van der Waals surface area contributed by atoms with E-state index >= 15 is 0 Å². The molecule has 0 bridgehead atoms. The second-order valence-electron chi connectivity index (χ2n) is 5.87. The minimum atomic E-state index is -0.369. The highest BCUT2D eigenvalue weighted by Gasteiger charge is 2.30. The fraction of sp³-hybridized carbons (Fsp3) is 0.263. The summed E-state index contributed by atoms with van der Waals surface area (Å²) in [5.74, 6) is -0.222. The molecule has 2 heterocycles. The predicted octanol–water partition coefficient (Wildman–Crippen LogP) is 2.03. The van der Waals surface area contributed by atoms with E-state index in [1.54, 1.807) is 41.3 Å². The highest BCUT2D eigenvalue weighted by atomic mass is 16.3. The van der Waals surface area contributed by atoms with Crippen LogP contribution in [0.4, 0.5) is 0 Å². The van der Waals surface area contributed by atoms with Crippen molar-refractivity contribution < 1.29 is 19.1 Å². The first kappa shape index (κ1) is 17.0. The Morgan fingerprint density at radius 3 is 2.72 bits per heavy atom. The van der Waals surface area contributed by atoms with Crippen molar-refractivity contribution in [3.63, 3.8) is 0 Å². The van der Waals surface area contributed by atoms with Crippen LogP contribution < -0.4 is 5.32 Å². The van der Waals surface area contributed by atoms with Crippen molar-refractivity contribution in [1.29, 1.82) is 0 Å². The molecule has 1 aliphatic heterocycles. The van der Waals surface area contributed by atoms with E-state index in [2.05, 4.69) is 5.32 Å². The number of likely N-dealkylation sites (tertiary alicyclic amines) is 1. The molecule has 1 aliphatic rings. The molecule has 130 valence electrons. The zero-order valence-electron chi connectivity index (χ0n) is 13.7. The van der Waals surface area contributed by atoms with Gasteiger partial charge in [-0.15, -0.1) is 0 Å². The summed E-state index contributed by atoms with van der Waals surface area (Å²) in [4.78, 5) is 26.9. The highest BCUT2D eigenvalue weighted by molar-refractivity contribution is 6.05. The average Bonchev–Trinajstić information content (AvgIpc) is 3.32. The first-order chi connectivity index (χ1) is 12.2. The first-order valence-electron chi connectivity index (χ1n) is 8.22. The highest BCUT2D eigenvalue weighted by Crippen LogP contribution is 2.20. The summed E-state index contributed by atoms with van der Waals surface area (Å²) in [6.45, 7) is 0.465. The molecular weight excluding hydrogens is 320 g/mol. The standard InChI is InChI=1S/C19H20N2O4/c22-13-15-8-4-10-21(15)19(24)17(12-16-9-5-11-25-16)20-18(23)14-6-2-1-3-7-14/h1-3,5-7,9,11-12,15,22H,4,8,10,13H2,(H,20,23)/t15-/m1/s1. The van der Waals surface area contributed by atoms with Gasteiger partial charge in [0.25, 0.3) is 11.8 Å². The van der Waals surface area contributed by atoms with Gasteiger partial charge in [-0.3, -0.25) is 9.59 Å². The third-order valence-electron chi connectivity index (χ3n) is 4.19. The van der Waals surface area contributed by atoms with Gasteiger partial charge in [0.15, 0.2) is 0 Å². The van der Waals surface area contributed by atoms with Crippen LogP contribution in [0.25, 0.3) is 6.08 Å². The molecule has 3 rings (SSSR count). The molecule has 6 heteroatoms. The van der Waals surface area contributed by atoms with E-state index in [1.807, 2.05) is 6.07 Å². The first-order valence-corrected chi connectivity index (χ1v) is 8.22. The number of aliphatic hydroxyl groups excluding tert-OH is 1. The maximum atomic E-state index is 12.9. The van der Waals surface area contributed by atoms with E-state index in [0.29, 0.717) is 17.9 Å². The molecule has 25 heavy (non-hydrogen) atoms. The number of furan rings is 1. The van der Waals surface area contributed by atoms with Crippen molar-refractivity contribution in [2.24, 2.45) is 0 Å². The predicted molar refractivity (Wildman–Crippen MR) is 92.4 cm³/mol. The Labute approximate surface area is 145 Å². The van der Waals surface area contributed by atoms with E-state index in [4.69, 9.17) is 4.42 Å². The normalized spacial score (nSPS) is 17.6. The van der Waals surface area contributed by atoms with E-state index in [9.17, 15) is 14.7 Å². The van der Waals surface area contributed by atoms with Crippen molar-refractivity contribution in [3.8, 4) is 0 Å². The molecular formula is C19H20N2O4. The number of rotatable bonds is 5. The lowest BCUT2D eigenvalue weighted by atomic mass is 10.2. The molecule has 0 aliphatic carbocycles. The Bertz CT molecular complexity index is 753. The topological polar surface area (TPSA) is 82.8 Å². The van der Waals surface area contributed by atoms with Gasteiger partial charge in [0.2, 0.25) is 0 Å². The largest absolute Gasteiger partial charge is 0.465 e. The van der Waals surface area contributed by atoms with Crippen LogP contribution in [0.3, 0.4) is 0 Å². The number of amides is 2. The van der Waals surface area contributed by atoms with Crippen molar-refractivity contribution in [3.05, 3.63) is 65.7 Å². The van der Waals surface area contributed by atoms with E-state index in [0.717, 1.165) is 12.8 Å². The van der Waals surface area contributed by atoms with Gasteiger partial charge >= 0.3 is 0 Å². The van der Waals surface area contributed by atoms with E-state index < -0.39 is 0 Å². The summed E-state index contributed by atoms with van der Waals surface area (Å²) in [5, 5.41) is 12.1. The number of carbonyl (C=O) groups is 2. The fourth-order valence-corrected chi connectivity index (χ4v) is 2.90. The van der Waals surface area contributed by atoms with Gasteiger partial charge < -0.3 is 19.7 Å². The third-order valence-corrected chi connectivity index (χ3v) is 4.19. The van der Waals surface area contributed by atoms with Crippen LogP contribution in [-0.4, -0.2) is 41.0 Å². The Hall–Kier alpha value is -2.86. The molecule has 2 N–H and O–H groups in total. The zero-order valence-corrected chi connectivity index (χ0v) is 13.7. The van der Waals surface area contributed by atoms with Gasteiger partial charge in [-0.1, -0.05) is 18.2 Å². The number of nitrogens with one attached hydrogen (secondary N) is 1. The molecule has 2 amide bonds. The van der Waals surface area contributed by atoms with Crippen LogP contribution in [0.15, 0.2) is 58.8 Å². The quantitative estimate of drug-likeness (QED) is 0.816. The molecule has 1 saturated heterocycles. The molecule has 6 nitrogen and oxygen atoms in total. The summed E-state index contributed by atoms with van der Waals surface area (Å²) >= 11 is 0. The van der Waals surface area contributed by atoms with Crippen LogP contribution in [0, 0.1) is 0 Å². The van der Waals surface area contributed by atoms with Crippen LogP contribution >= 0.6 is 0 Å². The summed E-state index contributed by atoms with van der Waals surface area (Å²) in [6.07, 6.45) is 4.59. The molecule has 2 aromatic rings.